The van der Waals surface area contributed by atoms with Gasteiger partial charge in [-0.1, -0.05) is 157 Å². The van der Waals surface area contributed by atoms with E-state index < -0.39 is 30.5 Å². The molecule has 0 unspecified atom stereocenters. The number of ether oxygens (including phenoxy) is 5. The van der Waals surface area contributed by atoms with Gasteiger partial charge in [0.2, 0.25) is 5.82 Å². The lowest BCUT2D eigenvalue weighted by Gasteiger charge is -2.45. The quantitative estimate of drug-likeness (QED) is 0.0996. The molecule has 1 aliphatic rings. The zero-order valence-corrected chi connectivity index (χ0v) is 28.9. The molecule has 1 fully saturated rings. The first-order valence-electron chi connectivity index (χ1n) is 17.6. The summed E-state index contributed by atoms with van der Waals surface area (Å²) in [7, 11) is 0. The van der Waals surface area contributed by atoms with Crippen molar-refractivity contribution in [3.05, 3.63) is 191 Å². The molecule has 7 rings (SSSR count). The van der Waals surface area contributed by atoms with Crippen LogP contribution in [0.1, 0.15) is 45.6 Å². The Labute approximate surface area is 304 Å². The molecule has 0 bridgehead atoms. The number of aromatic nitrogens is 2. The maximum Gasteiger partial charge on any atom is 0.250 e. The lowest BCUT2D eigenvalue weighted by Crippen LogP contribution is -2.58. The second kappa shape index (κ2) is 18.3. The van der Waals surface area contributed by atoms with Crippen LogP contribution < -0.4 is 0 Å². The highest BCUT2D eigenvalue weighted by molar-refractivity contribution is 5.65. The molecule has 2 heterocycles. The van der Waals surface area contributed by atoms with Gasteiger partial charge in [0.05, 0.1) is 33.0 Å². The van der Waals surface area contributed by atoms with Crippen LogP contribution in [0.3, 0.4) is 0 Å². The zero-order chi connectivity index (χ0) is 35.2. The highest BCUT2D eigenvalue weighted by Gasteiger charge is 2.50. The van der Waals surface area contributed by atoms with Crippen LogP contribution in [0.4, 0.5) is 0 Å². The van der Waals surface area contributed by atoms with Gasteiger partial charge in [-0.2, -0.15) is 4.98 Å². The fourth-order valence-corrected chi connectivity index (χ4v) is 6.16. The summed E-state index contributed by atoms with van der Waals surface area (Å²) in [6, 6.07) is 50.2. The Morgan fingerprint density at radius 3 is 1.50 bits per heavy atom. The molecule has 0 N–H and O–H groups in total. The van der Waals surface area contributed by atoms with Gasteiger partial charge >= 0.3 is 0 Å². The predicted molar refractivity (Wildman–Crippen MR) is 198 cm³/mol. The highest BCUT2D eigenvalue weighted by atomic mass is 16.6. The van der Waals surface area contributed by atoms with Gasteiger partial charge in [-0.25, -0.2) is 0 Å². The molecule has 8 heteroatoms. The monoisotopic (exact) mass is 694 g/mol. The first kappa shape index (κ1) is 35.2. The van der Waals surface area contributed by atoms with Crippen molar-refractivity contribution in [1.29, 1.82) is 0 Å². The maximum atomic E-state index is 6.91. The third-order valence-electron chi connectivity index (χ3n) is 8.81. The first-order chi connectivity index (χ1) is 25.8. The van der Waals surface area contributed by atoms with E-state index in [4.69, 9.17) is 33.2 Å². The van der Waals surface area contributed by atoms with E-state index in [0.717, 1.165) is 27.8 Å². The molecule has 1 aromatic heterocycles. The molecule has 5 atom stereocenters. The van der Waals surface area contributed by atoms with Gasteiger partial charge in [0.25, 0.3) is 5.89 Å². The molecule has 0 radical (unpaired) electrons. The van der Waals surface area contributed by atoms with Crippen molar-refractivity contribution in [2.45, 2.75) is 56.9 Å². The van der Waals surface area contributed by atoms with Crippen LogP contribution in [-0.2, 0) is 50.1 Å². The van der Waals surface area contributed by atoms with Gasteiger partial charge in [0.15, 0.2) is 0 Å². The molecule has 5 aromatic carbocycles. The standard InChI is InChI=1S/C44H42N2O6/c1-6-16-33(17-7-1)26-27-39-45-44(46-52-39)43-42(50-31-37-24-14-5-15-25-37)41(49-30-36-22-12-4-13-23-36)40(48-29-35-20-10-3-11-21-35)38(51-43)32-47-28-34-18-8-2-9-19-34/h1-27,38,40-43H,28-32H2/b27-26+/t38-,40-,41+,42-,43-/m1/s1. The molecule has 1 saturated heterocycles. The number of nitrogens with zero attached hydrogens (tertiary/aromatic N) is 2. The molecule has 52 heavy (non-hydrogen) atoms. The summed E-state index contributed by atoms with van der Waals surface area (Å²) in [4.78, 5) is 4.78. The number of benzene rings is 5. The van der Waals surface area contributed by atoms with Gasteiger partial charge in [0, 0.05) is 6.08 Å². The van der Waals surface area contributed by atoms with Crippen molar-refractivity contribution in [2.75, 3.05) is 6.61 Å². The summed E-state index contributed by atoms with van der Waals surface area (Å²) in [5.74, 6) is 0.707. The number of rotatable bonds is 16. The average molecular weight is 695 g/mol. The van der Waals surface area contributed by atoms with Crippen LogP contribution >= 0.6 is 0 Å². The van der Waals surface area contributed by atoms with Gasteiger partial charge in [-0.3, -0.25) is 0 Å². The van der Waals surface area contributed by atoms with E-state index in [1.54, 1.807) is 6.08 Å². The highest BCUT2D eigenvalue weighted by Crippen LogP contribution is 2.38. The van der Waals surface area contributed by atoms with Crippen molar-refractivity contribution >= 4 is 12.2 Å². The lowest BCUT2D eigenvalue weighted by molar-refractivity contribution is -0.276. The Kier molecular flexibility index (Phi) is 12.4. The van der Waals surface area contributed by atoms with Crippen LogP contribution in [0.2, 0.25) is 0 Å². The third-order valence-corrected chi connectivity index (χ3v) is 8.81. The Hall–Kier alpha value is -5.22. The van der Waals surface area contributed by atoms with Gasteiger partial charge < -0.3 is 28.2 Å². The lowest BCUT2D eigenvalue weighted by atomic mass is 9.93. The Bertz CT molecular complexity index is 1920. The summed E-state index contributed by atoms with van der Waals surface area (Å²) < 4.78 is 39.3. The zero-order valence-electron chi connectivity index (χ0n) is 28.9. The van der Waals surface area contributed by atoms with E-state index in [1.807, 2.05) is 158 Å². The molecule has 0 aliphatic carbocycles. The largest absolute Gasteiger partial charge is 0.374 e. The Balaban J connectivity index is 1.22. The molecule has 264 valence electrons. The Morgan fingerprint density at radius 1 is 0.500 bits per heavy atom. The molecule has 1 aliphatic heterocycles. The van der Waals surface area contributed by atoms with E-state index in [0.29, 0.717) is 38.1 Å². The fourth-order valence-electron chi connectivity index (χ4n) is 6.16. The molecular formula is C44H42N2O6. The SMILES string of the molecule is C(=C\c1nc([C@@H]2O[C@H](COCc3ccccc3)[C@@H](OCc3ccccc3)[C@H](OCc3ccccc3)[C@H]2OCc2ccccc2)no1)/c1ccccc1. The second-order valence-corrected chi connectivity index (χ2v) is 12.6. The summed E-state index contributed by atoms with van der Waals surface area (Å²) in [5.41, 5.74) is 5.15. The second-order valence-electron chi connectivity index (χ2n) is 12.6. The molecule has 0 spiro atoms. The van der Waals surface area contributed by atoms with Crippen LogP contribution in [0.15, 0.2) is 156 Å². The fraction of sp³-hybridized carbons (Fsp3) is 0.227. The molecule has 6 aromatic rings. The minimum atomic E-state index is -0.756. The minimum absolute atomic E-state index is 0.236. The smallest absolute Gasteiger partial charge is 0.250 e. The average Bonchev–Trinajstić information content (AvgIpc) is 3.69. The van der Waals surface area contributed by atoms with E-state index in [1.165, 1.54) is 0 Å². The van der Waals surface area contributed by atoms with Crippen LogP contribution in [-0.4, -0.2) is 41.2 Å². The summed E-state index contributed by atoms with van der Waals surface area (Å²) in [5, 5.41) is 4.41. The normalized spacial score (nSPS) is 20.3. The van der Waals surface area contributed by atoms with Crippen molar-refractivity contribution < 1.29 is 28.2 Å². The molecule has 8 nitrogen and oxygen atoms in total. The van der Waals surface area contributed by atoms with E-state index in [9.17, 15) is 0 Å². The van der Waals surface area contributed by atoms with Crippen molar-refractivity contribution in [2.24, 2.45) is 0 Å². The van der Waals surface area contributed by atoms with Crippen LogP contribution in [0.5, 0.6) is 0 Å². The van der Waals surface area contributed by atoms with E-state index >= 15 is 0 Å². The summed E-state index contributed by atoms with van der Waals surface area (Å²) in [6.07, 6.45) is 0.579. The topological polar surface area (TPSA) is 85.1 Å². The molecule has 0 amide bonds. The first-order valence-corrected chi connectivity index (χ1v) is 17.6. The third kappa shape index (κ3) is 9.76. The molecular weight excluding hydrogens is 652 g/mol. The van der Waals surface area contributed by atoms with Gasteiger partial charge in [-0.05, 0) is 33.9 Å². The van der Waals surface area contributed by atoms with Gasteiger partial charge in [-0.15, -0.1) is 0 Å². The molecule has 0 saturated carbocycles. The van der Waals surface area contributed by atoms with Crippen LogP contribution in [0.25, 0.3) is 12.2 Å². The van der Waals surface area contributed by atoms with Crippen molar-refractivity contribution in [1.82, 2.24) is 10.1 Å². The van der Waals surface area contributed by atoms with E-state index in [2.05, 4.69) is 5.16 Å². The number of hydrogen-bond donors (Lipinski definition) is 0. The van der Waals surface area contributed by atoms with Crippen molar-refractivity contribution in [3.8, 4) is 0 Å². The van der Waals surface area contributed by atoms with Crippen LogP contribution in [0, 0.1) is 0 Å². The Morgan fingerprint density at radius 2 is 0.962 bits per heavy atom. The van der Waals surface area contributed by atoms with Crippen molar-refractivity contribution in [3.63, 3.8) is 0 Å². The minimum Gasteiger partial charge on any atom is -0.374 e. The number of hydrogen-bond acceptors (Lipinski definition) is 8. The summed E-state index contributed by atoms with van der Waals surface area (Å²) >= 11 is 0. The summed E-state index contributed by atoms with van der Waals surface area (Å²) in [6.45, 7) is 1.65. The predicted octanol–water partition coefficient (Wildman–Crippen LogP) is 8.65. The van der Waals surface area contributed by atoms with Gasteiger partial charge in [0.1, 0.15) is 30.5 Å². The van der Waals surface area contributed by atoms with E-state index in [-0.39, 0.29) is 6.61 Å². The maximum absolute atomic E-state index is 6.91.